The van der Waals surface area contributed by atoms with Crippen molar-refractivity contribution >= 4 is 32.9 Å². The number of ether oxygens (including phenoxy) is 1. The van der Waals surface area contributed by atoms with E-state index in [0.29, 0.717) is 34.7 Å². The molecule has 0 spiro atoms. The molecule has 3 aromatic rings. The highest BCUT2D eigenvalue weighted by molar-refractivity contribution is 7.97. The van der Waals surface area contributed by atoms with Crippen molar-refractivity contribution in [1.29, 1.82) is 0 Å². The average Bonchev–Trinajstić information content (AvgIpc) is 2.81. The fourth-order valence-corrected chi connectivity index (χ4v) is 5.63. The summed E-state index contributed by atoms with van der Waals surface area (Å²) in [7, 11) is -2.59. The van der Waals surface area contributed by atoms with Crippen LogP contribution < -0.4 is 9.62 Å². The van der Waals surface area contributed by atoms with E-state index in [4.69, 9.17) is 4.74 Å². The summed E-state index contributed by atoms with van der Waals surface area (Å²) in [5.41, 5.74) is 3.53. The van der Waals surface area contributed by atoms with E-state index in [9.17, 15) is 13.2 Å². The Balaban J connectivity index is 1.92. The number of rotatable bonds is 7. The van der Waals surface area contributed by atoms with E-state index in [-0.39, 0.29) is 11.4 Å². The number of para-hydroxylation sites is 1. The van der Waals surface area contributed by atoms with Crippen molar-refractivity contribution in [3.63, 3.8) is 0 Å². The van der Waals surface area contributed by atoms with Gasteiger partial charge in [0.05, 0.1) is 18.8 Å². The number of methoxy groups -OCH3 is 1. The first kappa shape index (κ1) is 22.5. The number of hydrogen-bond acceptors (Lipinski definition) is 4. The number of fused-ring (bicyclic) bond motifs is 1. The Labute approximate surface area is 193 Å². The van der Waals surface area contributed by atoms with Gasteiger partial charge in [0.1, 0.15) is 0 Å². The van der Waals surface area contributed by atoms with Crippen molar-refractivity contribution in [3.05, 3.63) is 113 Å². The normalized spacial score (nSPS) is 14.5. The van der Waals surface area contributed by atoms with Gasteiger partial charge >= 0.3 is 0 Å². The molecule has 3 aromatic carbocycles. The van der Waals surface area contributed by atoms with E-state index in [1.165, 1.54) is 10.4 Å². The monoisotopic (exact) mass is 460 g/mol. The Bertz CT molecular complexity index is 1330. The molecule has 0 saturated carbocycles. The number of benzene rings is 3. The fourth-order valence-electron chi connectivity index (χ4n) is 3.92. The van der Waals surface area contributed by atoms with Gasteiger partial charge in [-0.3, -0.25) is 9.10 Å². The first-order chi connectivity index (χ1) is 16.0. The van der Waals surface area contributed by atoms with Crippen LogP contribution in [0, 0.1) is 0 Å². The van der Waals surface area contributed by atoms with Crippen molar-refractivity contribution in [2.75, 3.05) is 23.3 Å². The summed E-state index contributed by atoms with van der Waals surface area (Å²) in [5, 5.41) is 2.78. The maximum absolute atomic E-state index is 13.8. The summed E-state index contributed by atoms with van der Waals surface area (Å²) in [5.74, 6) is -0.702. The van der Waals surface area contributed by atoms with Gasteiger partial charge in [-0.25, -0.2) is 8.42 Å². The number of amides is 1. The third-order valence-electron chi connectivity index (χ3n) is 5.28. The molecule has 0 radical (unpaired) electrons. The van der Waals surface area contributed by atoms with Crippen molar-refractivity contribution < 1.29 is 17.9 Å². The number of nitrogens with one attached hydrogen (secondary N) is 1. The quantitative estimate of drug-likeness (QED) is 0.524. The zero-order chi connectivity index (χ0) is 23.4. The van der Waals surface area contributed by atoms with Crippen molar-refractivity contribution in [1.82, 2.24) is 0 Å². The number of carbonyl (C=O) groups is 1. The lowest BCUT2D eigenvalue weighted by atomic mass is 9.95. The number of sulfonamides is 1. The number of anilines is 2. The Kier molecular flexibility index (Phi) is 6.44. The second kappa shape index (κ2) is 9.44. The fraction of sp³-hybridized carbons (Fsp3) is 0.115. The molecule has 1 aliphatic heterocycles. The Morgan fingerprint density at radius 1 is 1.03 bits per heavy atom. The molecule has 1 N–H and O–H groups in total. The summed E-state index contributed by atoms with van der Waals surface area (Å²) >= 11 is 0. The average molecular weight is 461 g/mol. The van der Waals surface area contributed by atoms with Crippen LogP contribution in [0.25, 0.3) is 5.57 Å². The van der Waals surface area contributed by atoms with Gasteiger partial charge in [0.2, 0.25) is 0 Å². The van der Waals surface area contributed by atoms with Crippen LogP contribution in [-0.4, -0.2) is 28.0 Å². The minimum atomic E-state index is -4.17. The summed E-state index contributed by atoms with van der Waals surface area (Å²) in [6.45, 7) is 4.12. The van der Waals surface area contributed by atoms with Gasteiger partial charge in [-0.15, -0.1) is 6.58 Å². The molecule has 1 amide bonds. The molecule has 33 heavy (non-hydrogen) atoms. The van der Waals surface area contributed by atoms with E-state index >= 15 is 0 Å². The smallest absolute Gasteiger partial charge is 0.270 e. The minimum Gasteiger partial charge on any atom is -0.380 e. The van der Waals surface area contributed by atoms with Gasteiger partial charge in [0, 0.05) is 23.9 Å². The highest BCUT2D eigenvalue weighted by Gasteiger charge is 2.40. The van der Waals surface area contributed by atoms with E-state index in [1.54, 1.807) is 49.6 Å². The topological polar surface area (TPSA) is 75.7 Å². The molecule has 6 nitrogen and oxygen atoms in total. The van der Waals surface area contributed by atoms with E-state index < -0.39 is 15.9 Å². The van der Waals surface area contributed by atoms with E-state index in [2.05, 4.69) is 11.9 Å². The maximum Gasteiger partial charge on any atom is 0.270 e. The maximum atomic E-state index is 13.8. The highest BCUT2D eigenvalue weighted by Crippen LogP contribution is 2.42. The first-order valence-electron chi connectivity index (χ1n) is 10.4. The SMILES string of the molecule is C=CCN1c2ccccc2C(c2ccccc2)=C(C(=O)Nc2cccc(COC)c2)S1(=O)=O. The van der Waals surface area contributed by atoms with Gasteiger partial charge in [-0.2, -0.15) is 0 Å². The molecule has 0 atom stereocenters. The lowest BCUT2D eigenvalue weighted by Gasteiger charge is -2.32. The minimum absolute atomic E-state index is 0.0432. The molecular weight excluding hydrogens is 436 g/mol. The molecule has 1 heterocycles. The standard InChI is InChI=1S/C26H24N2O4S/c1-3-16-28-23-15-8-7-14-22(23)24(20-11-5-4-6-12-20)25(33(28,30)31)26(29)27-21-13-9-10-19(17-21)18-32-2/h3-15,17H,1,16,18H2,2H3,(H,27,29). The van der Waals surface area contributed by atoms with Gasteiger partial charge in [-0.05, 0) is 29.3 Å². The van der Waals surface area contributed by atoms with Crippen LogP contribution in [0.5, 0.6) is 0 Å². The predicted molar refractivity (Wildman–Crippen MR) is 131 cm³/mol. The Morgan fingerprint density at radius 2 is 1.76 bits per heavy atom. The van der Waals surface area contributed by atoms with Gasteiger partial charge in [0.25, 0.3) is 15.9 Å². The van der Waals surface area contributed by atoms with Crippen molar-refractivity contribution in [3.8, 4) is 0 Å². The third-order valence-corrected chi connectivity index (χ3v) is 7.11. The molecule has 168 valence electrons. The van der Waals surface area contributed by atoms with Crippen LogP contribution in [-0.2, 0) is 26.2 Å². The lowest BCUT2D eigenvalue weighted by Crippen LogP contribution is -2.39. The van der Waals surface area contributed by atoms with E-state index in [1.807, 2.05) is 36.4 Å². The van der Waals surface area contributed by atoms with Crippen molar-refractivity contribution in [2.24, 2.45) is 0 Å². The van der Waals surface area contributed by atoms with Crippen LogP contribution in [0.2, 0.25) is 0 Å². The molecular formula is C26H24N2O4S. The zero-order valence-corrected chi connectivity index (χ0v) is 19.0. The highest BCUT2D eigenvalue weighted by atomic mass is 32.2. The summed E-state index contributed by atoms with van der Waals surface area (Å²) < 4.78 is 34.0. The predicted octanol–water partition coefficient (Wildman–Crippen LogP) is 4.57. The van der Waals surface area contributed by atoms with Crippen LogP contribution in [0.3, 0.4) is 0 Å². The second-order valence-electron chi connectivity index (χ2n) is 7.50. The third kappa shape index (κ3) is 4.33. The van der Waals surface area contributed by atoms with Gasteiger partial charge in [-0.1, -0.05) is 66.7 Å². The molecule has 4 rings (SSSR count). The number of nitrogens with zero attached hydrogens (tertiary/aromatic N) is 1. The van der Waals surface area contributed by atoms with Crippen LogP contribution in [0.15, 0.2) is 96.4 Å². The lowest BCUT2D eigenvalue weighted by molar-refractivity contribution is -0.112. The summed E-state index contributed by atoms with van der Waals surface area (Å²) in [6, 6.07) is 23.4. The zero-order valence-electron chi connectivity index (χ0n) is 18.2. The van der Waals surface area contributed by atoms with E-state index in [0.717, 1.165) is 5.56 Å². The molecule has 0 unspecified atom stereocenters. The molecule has 0 saturated heterocycles. The molecule has 0 bridgehead atoms. The molecule has 0 aromatic heterocycles. The molecule has 1 aliphatic rings. The van der Waals surface area contributed by atoms with Crippen molar-refractivity contribution in [2.45, 2.75) is 6.61 Å². The van der Waals surface area contributed by atoms with Crippen LogP contribution in [0.1, 0.15) is 16.7 Å². The summed E-state index contributed by atoms with van der Waals surface area (Å²) in [4.78, 5) is 13.3. The molecule has 0 fully saturated rings. The first-order valence-corrected chi connectivity index (χ1v) is 11.8. The second-order valence-corrected chi connectivity index (χ2v) is 9.30. The van der Waals surface area contributed by atoms with Gasteiger partial charge in [0.15, 0.2) is 4.91 Å². The molecule has 7 heteroatoms. The summed E-state index contributed by atoms with van der Waals surface area (Å²) in [6.07, 6.45) is 1.51. The number of hydrogen-bond donors (Lipinski definition) is 1. The Hall–Kier alpha value is -3.68. The largest absolute Gasteiger partial charge is 0.380 e. The van der Waals surface area contributed by atoms with Crippen LogP contribution >= 0.6 is 0 Å². The molecule has 0 aliphatic carbocycles. The van der Waals surface area contributed by atoms with Gasteiger partial charge < -0.3 is 10.1 Å². The Morgan fingerprint density at radius 3 is 2.48 bits per heavy atom. The number of carbonyl (C=O) groups excluding carboxylic acids is 1. The van der Waals surface area contributed by atoms with Crippen LogP contribution in [0.4, 0.5) is 11.4 Å².